The van der Waals surface area contributed by atoms with Crippen molar-refractivity contribution in [2.45, 2.75) is 45.1 Å². The summed E-state index contributed by atoms with van der Waals surface area (Å²) in [5.74, 6) is 1.84. The van der Waals surface area contributed by atoms with Crippen LogP contribution in [-0.4, -0.2) is 11.0 Å². The van der Waals surface area contributed by atoms with Crippen LogP contribution in [0.25, 0.3) is 11.0 Å². The van der Waals surface area contributed by atoms with E-state index in [0.717, 1.165) is 22.7 Å². The van der Waals surface area contributed by atoms with Crippen LogP contribution in [0.5, 0.6) is 0 Å². The van der Waals surface area contributed by atoms with Crippen LogP contribution in [0, 0.1) is 5.92 Å². The summed E-state index contributed by atoms with van der Waals surface area (Å²) in [4.78, 5) is 4.45. The molecular weight excluding hydrogens is 224 g/mol. The number of rotatable bonds is 2. The van der Waals surface area contributed by atoms with Crippen molar-refractivity contribution in [2.75, 3.05) is 5.32 Å². The number of furan rings is 1. The van der Waals surface area contributed by atoms with Crippen molar-refractivity contribution < 1.29 is 4.42 Å². The number of hydrogen-bond acceptors (Lipinski definition) is 3. The molecule has 3 nitrogen and oxygen atoms in total. The lowest BCUT2D eigenvalue weighted by molar-refractivity contribution is 0.502. The van der Waals surface area contributed by atoms with Crippen molar-refractivity contribution in [3.05, 3.63) is 24.6 Å². The van der Waals surface area contributed by atoms with Crippen LogP contribution in [0.1, 0.15) is 39.0 Å². The lowest BCUT2D eigenvalue weighted by atomic mass is 10.0. The largest absolute Gasteiger partial charge is 0.464 e. The van der Waals surface area contributed by atoms with E-state index in [-0.39, 0.29) is 0 Å². The Balaban J connectivity index is 1.77. The molecule has 2 unspecified atom stereocenters. The Hall–Kier alpha value is -1.51. The lowest BCUT2D eigenvalue weighted by Gasteiger charge is -2.17. The van der Waals surface area contributed by atoms with Gasteiger partial charge in [-0.15, -0.1) is 0 Å². The highest BCUT2D eigenvalue weighted by atomic mass is 16.3. The molecule has 2 atom stereocenters. The zero-order valence-electron chi connectivity index (χ0n) is 10.9. The number of anilines is 1. The van der Waals surface area contributed by atoms with E-state index >= 15 is 0 Å². The van der Waals surface area contributed by atoms with Gasteiger partial charge in [0, 0.05) is 12.2 Å². The van der Waals surface area contributed by atoms with Gasteiger partial charge in [-0.05, 0) is 37.3 Å². The van der Waals surface area contributed by atoms with Gasteiger partial charge < -0.3 is 9.73 Å². The number of aromatic nitrogens is 1. The summed E-state index contributed by atoms with van der Waals surface area (Å²) >= 11 is 0. The highest BCUT2D eigenvalue weighted by molar-refractivity contribution is 5.87. The number of hydrogen-bond donors (Lipinski definition) is 1. The van der Waals surface area contributed by atoms with Crippen molar-refractivity contribution in [3.63, 3.8) is 0 Å². The summed E-state index contributed by atoms with van der Waals surface area (Å²) in [6, 6.07) is 4.46. The minimum atomic E-state index is 0.558. The number of pyridine rings is 1. The molecule has 1 aliphatic rings. The molecule has 18 heavy (non-hydrogen) atoms. The summed E-state index contributed by atoms with van der Waals surface area (Å²) in [6.45, 7) is 2.36. The van der Waals surface area contributed by atoms with Gasteiger partial charge in [0.05, 0.1) is 11.6 Å². The molecule has 96 valence electrons. The highest BCUT2D eigenvalue weighted by Gasteiger charge is 2.17. The fourth-order valence-corrected chi connectivity index (χ4v) is 2.83. The molecule has 0 aliphatic heterocycles. The Morgan fingerprint density at radius 2 is 2.17 bits per heavy atom. The van der Waals surface area contributed by atoms with Gasteiger partial charge in [-0.25, -0.2) is 4.98 Å². The first-order valence-electron chi connectivity index (χ1n) is 6.91. The van der Waals surface area contributed by atoms with E-state index in [1.54, 1.807) is 6.26 Å². The van der Waals surface area contributed by atoms with Gasteiger partial charge in [-0.3, -0.25) is 0 Å². The van der Waals surface area contributed by atoms with E-state index in [2.05, 4.69) is 17.2 Å². The summed E-state index contributed by atoms with van der Waals surface area (Å²) in [5, 5.41) is 4.69. The molecule has 0 bridgehead atoms. The maximum absolute atomic E-state index is 5.41. The average Bonchev–Trinajstić information content (AvgIpc) is 2.76. The van der Waals surface area contributed by atoms with Crippen LogP contribution in [0.2, 0.25) is 0 Å². The van der Waals surface area contributed by atoms with E-state index in [1.165, 1.54) is 32.1 Å². The smallest absolute Gasteiger partial charge is 0.139 e. The maximum atomic E-state index is 5.41. The molecule has 1 fully saturated rings. The molecule has 2 heterocycles. The molecule has 1 saturated carbocycles. The van der Waals surface area contributed by atoms with Gasteiger partial charge in [0.25, 0.3) is 0 Å². The third-order valence-corrected chi connectivity index (χ3v) is 3.98. The molecule has 3 heteroatoms. The number of fused-ring (bicyclic) bond motifs is 1. The Kier molecular flexibility index (Phi) is 3.22. The average molecular weight is 244 g/mol. The zero-order valence-corrected chi connectivity index (χ0v) is 10.9. The van der Waals surface area contributed by atoms with Crippen molar-refractivity contribution in [3.8, 4) is 0 Å². The van der Waals surface area contributed by atoms with Crippen molar-refractivity contribution in [1.82, 2.24) is 4.98 Å². The van der Waals surface area contributed by atoms with Gasteiger partial charge >= 0.3 is 0 Å². The Bertz CT molecular complexity index is 520. The summed E-state index contributed by atoms with van der Waals surface area (Å²) in [5.41, 5.74) is 0.912. The molecule has 2 aromatic rings. The minimum absolute atomic E-state index is 0.558. The molecule has 2 aromatic heterocycles. The summed E-state index contributed by atoms with van der Waals surface area (Å²) in [6.07, 6.45) is 10.0. The van der Waals surface area contributed by atoms with Crippen LogP contribution in [-0.2, 0) is 0 Å². The van der Waals surface area contributed by atoms with Crippen LogP contribution in [0.3, 0.4) is 0 Å². The molecule has 0 spiro atoms. The minimum Gasteiger partial charge on any atom is -0.464 e. The fourth-order valence-electron chi connectivity index (χ4n) is 2.83. The van der Waals surface area contributed by atoms with Gasteiger partial charge in [0.1, 0.15) is 11.4 Å². The van der Waals surface area contributed by atoms with E-state index in [4.69, 9.17) is 4.42 Å². The topological polar surface area (TPSA) is 38.1 Å². The Morgan fingerprint density at radius 3 is 3.11 bits per heavy atom. The summed E-state index contributed by atoms with van der Waals surface area (Å²) < 4.78 is 5.41. The third kappa shape index (κ3) is 2.35. The van der Waals surface area contributed by atoms with Crippen molar-refractivity contribution >= 4 is 16.8 Å². The number of nitrogens with one attached hydrogen (secondary N) is 1. The predicted molar refractivity (Wildman–Crippen MR) is 73.7 cm³/mol. The van der Waals surface area contributed by atoms with E-state index in [0.29, 0.717) is 6.04 Å². The molecule has 0 radical (unpaired) electrons. The first-order chi connectivity index (χ1) is 8.83. The fraction of sp³-hybridized carbons (Fsp3) is 0.533. The maximum Gasteiger partial charge on any atom is 0.139 e. The zero-order chi connectivity index (χ0) is 12.4. The van der Waals surface area contributed by atoms with E-state index in [1.807, 2.05) is 18.3 Å². The molecular formula is C15H20N2O. The second-order valence-electron chi connectivity index (χ2n) is 5.45. The van der Waals surface area contributed by atoms with Crippen LogP contribution in [0.4, 0.5) is 5.82 Å². The van der Waals surface area contributed by atoms with Crippen LogP contribution < -0.4 is 5.32 Å². The van der Waals surface area contributed by atoms with Crippen LogP contribution in [0.15, 0.2) is 29.0 Å². The normalized spacial score (nSPS) is 24.9. The SMILES string of the molecule is CC1CCCC(Nc2nccc3occc23)CC1. The predicted octanol–water partition coefficient (Wildman–Crippen LogP) is 4.21. The Morgan fingerprint density at radius 1 is 1.22 bits per heavy atom. The Labute approximate surface area is 108 Å². The highest BCUT2D eigenvalue weighted by Crippen LogP contribution is 2.27. The monoisotopic (exact) mass is 244 g/mol. The number of nitrogens with zero attached hydrogens (tertiary/aromatic N) is 1. The van der Waals surface area contributed by atoms with Gasteiger partial charge in [0.15, 0.2) is 0 Å². The van der Waals surface area contributed by atoms with Gasteiger partial charge in [0.2, 0.25) is 0 Å². The van der Waals surface area contributed by atoms with Crippen LogP contribution >= 0.6 is 0 Å². The summed E-state index contributed by atoms with van der Waals surface area (Å²) in [7, 11) is 0. The van der Waals surface area contributed by atoms with E-state index in [9.17, 15) is 0 Å². The first-order valence-corrected chi connectivity index (χ1v) is 6.91. The standard InChI is InChI=1S/C15H20N2O/c1-11-3-2-4-12(6-5-11)17-15-13-8-10-18-14(13)7-9-16-15/h7-12H,2-6H2,1H3,(H,16,17). The second-order valence-corrected chi connectivity index (χ2v) is 5.45. The second kappa shape index (κ2) is 5.01. The quantitative estimate of drug-likeness (QED) is 0.804. The molecule has 0 saturated heterocycles. The first kappa shape index (κ1) is 11.6. The molecule has 0 aromatic carbocycles. The van der Waals surface area contributed by atoms with Crippen molar-refractivity contribution in [1.29, 1.82) is 0 Å². The van der Waals surface area contributed by atoms with E-state index < -0.39 is 0 Å². The van der Waals surface area contributed by atoms with Crippen molar-refractivity contribution in [2.24, 2.45) is 5.92 Å². The third-order valence-electron chi connectivity index (χ3n) is 3.98. The molecule has 3 rings (SSSR count). The molecule has 1 aliphatic carbocycles. The van der Waals surface area contributed by atoms with Gasteiger partial charge in [-0.1, -0.05) is 19.8 Å². The molecule has 1 N–H and O–H groups in total. The van der Waals surface area contributed by atoms with Gasteiger partial charge in [-0.2, -0.15) is 0 Å². The lowest BCUT2D eigenvalue weighted by Crippen LogP contribution is -2.19. The molecule has 0 amide bonds.